The maximum atomic E-state index is 12.9. The van der Waals surface area contributed by atoms with Crippen molar-refractivity contribution in [2.75, 3.05) is 0 Å². The highest BCUT2D eigenvalue weighted by atomic mass is 79.9. The van der Waals surface area contributed by atoms with E-state index in [9.17, 15) is 9.90 Å². The molecule has 1 amide bonds. The summed E-state index contributed by atoms with van der Waals surface area (Å²) in [5.74, 6) is -0.201. The first-order chi connectivity index (χ1) is 14.0. The fraction of sp³-hybridized carbons (Fsp3) is 0.130. The predicted molar refractivity (Wildman–Crippen MR) is 121 cm³/mol. The maximum absolute atomic E-state index is 12.9. The van der Waals surface area contributed by atoms with Gasteiger partial charge in [0.05, 0.1) is 16.6 Å². The first kappa shape index (κ1) is 19.9. The number of hydrogen-bond donors (Lipinski definition) is 2. The summed E-state index contributed by atoms with van der Waals surface area (Å²) in [4.78, 5) is 12.9. The molecule has 1 atom stereocenters. The zero-order chi connectivity index (χ0) is 20.4. The molecule has 0 aromatic heterocycles. The molecule has 0 aliphatic heterocycles. The number of phenols is 1. The number of nitrogens with zero attached hydrogens (tertiary/aromatic N) is 1. The third-order valence-corrected chi connectivity index (χ3v) is 6.62. The number of carbonyl (C=O) groups excluding carboxylic acids is 1. The van der Waals surface area contributed by atoms with Crippen molar-refractivity contribution in [2.24, 2.45) is 11.0 Å². The first-order valence-corrected chi connectivity index (χ1v) is 10.7. The van der Waals surface area contributed by atoms with Crippen LogP contribution in [0, 0.1) is 5.92 Å². The van der Waals surface area contributed by atoms with Gasteiger partial charge in [0.2, 0.25) is 5.91 Å². The molecule has 6 heteroatoms. The molecule has 1 fully saturated rings. The molecular formula is C23H18Br2N2O2. The van der Waals surface area contributed by atoms with E-state index < -0.39 is 0 Å². The van der Waals surface area contributed by atoms with Crippen LogP contribution in [0.25, 0.3) is 0 Å². The van der Waals surface area contributed by atoms with Crippen molar-refractivity contribution in [3.63, 3.8) is 0 Å². The molecule has 0 unspecified atom stereocenters. The van der Waals surface area contributed by atoms with E-state index in [1.165, 1.54) is 6.21 Å². The van der Waals surface area contributed by atoms with Crippen molar-refractivity contribution in [1.82, 2.24) is 5.43 Å². The van der Waals surface area contributed by atoms with E-state index in [1.54, 1.807) is 12.1 Å². The molecule has 2 N–H and O–H groups in total. The topological polar surface area (TPSA) is 61.7 Å². The van der Waals surface area contributed by atoms with E-state index in [4.69, 9.17) is 0 Å². The van der Waals surface area contributed by atoms with Gasteiger partial charge in [0.1, 0.15) is 5.75 Å². The van der Waals surface area contributed by atoms with Crippen molar-refractivity contribution < 1.29 is 9.90 Å². The van der Waals surface area contributed by atoms with E-state index in [2.05, 4.69) is 66.7 Å². The Hall–Kier alpha value is -2.44. The average Bonchev–Trinajstić information content (AvgIpc) is 3.50. The van der Waals surface area contributed by atoms with Gasteiger partial charge in [-0.1, -0.05) is 76.6 Å². The third-order valence-electron chi connectivity index (χ3n) is 5.30. The lowest BCUT2D eigenvalue weighted by Gasteiger charge is -2.18. The van der Waals surface area contributed by atoms with Gasteiger partial charge in [0.25, 0.3) is 0 Å². The normalized spacial score (nSPS) is 17.2. The number of benzene rings is 3. The van der Waals surface area contributed by atoms with Gasteiger partial charge >= 0.3 is 0 Å². The smallest absolute Gasteiger partial charge is 0.244 e. The SMILES string of the molecule is O=C(N/N=C\c1cc(O)c(Br)cc1Br)[C@@H]1CC1(c1ccccc1)c1ccccc1. The van der Waals surface area contributed by atoms with E-state index in [0.717, 1.165) is 22.0 Å². The quantitative estimate of drug-likeness (QED) is 0.355. The largest absolute Gasteiger partial charge is 0.507 e. The van der Waals surface area contributed by atoms with Gasteiger partial charge in [-0.3, -0.25) is 4.79 Å². The molecule has 3 aromatic rings. The second-order valence-electron chi connectivity index (χ2n) is 7.02. The zero-order valence-electron chi connectivity index (χ0n) is 15.3. The van der Waals surface area contributed by atoms with Crippen LogP contribution in [0.3, 0.4) is 0 Å². The van der Waals surface area contributed by atoms with Crippen LogP contribution in [0.1, 0.15) is 23.1 Å². The van der Waals surface area contributed by atoms with Crippen LogP contribution in [0.4, 0.5) is 0 Å². The minimum atomic E-state index is -0.321. The Balaban J connectivity index is 1.54. The van der Waals surface area contributed by atoms with Crippen molar-refractivity contribution >= 4 is 44.0 Å². The lowest BCUT2D eigenvalue weighted by molar-refractivity contribution is -0.122. The maximum Gasteiger partial charge on any atom is 0.244 e. The van der Waals surface area contributed by atoms with Crippen LogP contribution in [-0.4, -0.2) is 17.2 Å². The van der Waals surface area contributed by atoms with Crippen LogP contribution in [0.5, 0.6) is 5.75 Å². The minimum Gasteiger partial charge on any atom is -0.507 e. The molecule has 0 saturated heterocycles. The van der Waals surface area contributed by atoms with Crippen LogP contribution in [0.15, 0.2) is 86.8 Å². The number of aromatic hydroxyl groups is 1. The number of halogens is 2. The van der Waals surface area contributed by atoms with Gasteiger partial charge in [0, 0.05) is 15.5 Å². The van der Waals surface area contributed by atoms with Gasteiger partial charge in [-0.2, -0.15) is 5.10 Å². The van der Waals surface area contributed by atoms with Gasteiger partial charge in [-0.05, 0) is 45.6 Å². The van der Waals surface area contributed by atoms with Crippen molar-refractivity contribution in [3.05, 3.63) is 98.4 Å². The monoisotopic (exact) mass is 512 g/mol. The summed E-state index contributed by atoms with van der Waals surface area (Å²) in [6, 6.07) is 23.6. The van der Waals surface area contributed by atoms with E-state index in [-0.39, 0.29) is 23.0 Å². The first-order valence-electron chi connectivity index (χ1n) is 9.14. The Bertz CT molecular complexity index is 1030. The second kappa shape index (κ2) is 8.13. The van der Waals surface area contributed by atoms with Gasteiger partial charge < -0.3 is 5.11 Å². The fourth-order valence-electron chi connectivity index (χ4n) is 3.75. The Labute approximate surface area is 185 Å². The molecule has 0 bridgehead atoms. The molecule has 0 heterocycles. The minimum absolute atomic E-state index is 0.107. The molecule has 4 nitrogen and oxygen atoms in total. The third kappa shape index (κ3) is 3.87. The van der Waals surface area contributed by atoms with Gasteiger partial charge in [-0.25, -0.2) is 5.43 Å². The van der Waals surface area contributed by atoms with Crippen LogP contribution >= 0.6 is 31.9 Å². The summed E-state index contributed by atoms with van der Waals surface area (Å²) >= 11 is 6.69. The number of rotatable bonds is 5. The van der Waals surface area contributed by atoms with Crippen LogP contribution in [-0.2, 0) is 10.2 Å². The van der Waals surface area contributed by atoms with Crippen molar-refractivity contribution in [1.29, 1.82) is 0 Å². The molecule has 1 aliphatic rings. The van der Waals surface area contributed by atoms with E-state index >= 15 is 0 Å². The molecule has 29 heavy (non-hydrogen) atoms. The highest BCUT2D eigenvalue weighted by molar-refractivity contribution is 9.11. The molecule has 4 rings (SSSR count). The molecule has 146 valence electrons. The Morgan fingerprint density at radius 3 is 2.17 bits per heavy atom. The second-order valence-corrected chi connectivity index (χ2v) is 8.73. The summed E-state index contributed by atoms with van der Waals surface area (Å²) in [5.41, 5.74) is 5.28. The number of nitrogens with one attached hydrogen (secondary N) is 1. The molecule has 1 aliphatic carbocycles. The summed E-state index contributed by atoms with van der Waals surface area (Å²) in [6.07, 6.45) is 2.26. The summed E-state index contributed by atoms with van der Waals surface area (Å²) in [7, 11) is 0. The van der Waals surface area contributed by atoms with E-state index in [0.29, 0.717) is 10.0 Å². The van der Waals surface area contributed by atoms with Gasteiger partial charge in [-0.15, -0.1) is 0 Å². The average molecular weight is 514 g/mol. The van der Waals surface area contributed by atoms with Crippen molar-refractivity contribution in [3.8, 4) is 5.75 Å². The lowest BCUT2D eigenvalue weighted by atomic mass is 9.85. The zero-order valence-corrected chi connectivity index (χ0v) is 18.5. The number of hydrazone groups is 1. The van der Waals surface area contributed by atoms with E-state index in [1.807, 2.05) is 36.4 Å². The number of hydrogen-bond acceptors (Lipinski definition) is 3. The van der Waals surface area contributed by atoms with Crippen molar-refractivity contribution in [2.45, 2.75) is 11.8 Å². The molecular weight excluding hydrogens is 496 g/mol. The van der Waals surface area contributed by atoms with Gasteiger partial charge in [0.15, 0.2) is 0 Å². The summed E-state index contributed by atoms with van der Waals surface area (Å²) in [5, 5.41) is 13.9. The highest BCUT2D eigenvalue weighted by Crippen LogP contribution is 2.58. The van der Waals surface area contributed by atoms with Crippen LogP contribution < -0.4 is 5.43 Å². The number of amides is 1. The Morgan fingerprint density at radius 1 is 1.00 bits per heavy atom. The Morgan fingerprint density at radius 2 is 1.59 bits per heavy atom. The highest BCUT2D eigenvalue weighted by Gasteiger charge is 2.60. The fourth-order valence-corrected chi connectivity index (χ4v) is 4.85. The summed E-state index contributed by atoms with van der Waals surface area (Å²) < 4.78 is 1.34. The molecule has 3 aromatic carbocycles. The lowest BCUT2D eigenvalue weighted by Crippen LogP contribution is -2.25. The standard InChI is InChI=1S/C23H18Br2N2O2/c24-19-12-20(25)21(28)11-15(19)14-26-27-22(29)18-13-23(18,16-7-3-1-4-8-16)17-9-5-2-6-10-17/h1-12,14,18,28H,13H2,(H,27,29)/b26-14-/t18-/m0/s1. The predicted octanol–water partition coefficient (Wildman–Crippen LogP) is 5.37. The molecule has 0 radical (unpaired) electrons. The summed E-state index contributed by atoms with van der Waals surface area (Å²) in [6.45, 7) is 0. The number of phenolic OH excluding ortho intramolecular Hbond substituents is 1. The number of carbonyl (C=O) groups is 1. The van der Waals surface area contributed by atoms with Crippen LogP contribution in [0.2, 0.25) is 0 Å². The molecule has 1 saturated carbocycles. The molecule has 0 spiro atoms. The Kier molecular flexibility index (Phi) is 5.56.